The molecule has 1 aliphatic rings. The first-order valence-corrected chi connectivity index (χ1v) is 34.0. The van der Waals surface area contributed by atoms with Gasteiger partial charge in [0, 0.05) is 11.4 Å². The molecule has 1 heterocycles. The molecule has 1 aliphatic heterocycles. The van der Waals surface area contributed by atoms with Gasteiger partial charge in [-0.25, -0.2) is 0 Å². The average molecular weight is 929 g/mol. The van der Waals surface area contributed by atoms with Gasteiger partial charge < -0.3 is 20.1 Å². The molecule has 0 amide bonds. The number of hydrogen-bond acceptors (Lipinski definition) is 5. The number of benzene rings is 2. The first-order valence-electron chi connectivity index (χ1n) is 20.2. The number of hydrogen-bond donors (Lipinski definition) is 2. The number of rotatable bonds is 21. The summed E-state index contributed by atoms with van der Waals surface area (Å²) in [6.07, 6.45) is 16.4. The number of thiocarbonyl (C=S) groups is 1. The van der Waals surface area contributed by atoms with Crippen molar-refractivity contribution in [3.63, 3.8) is 0 Å². The second kappa shape index (κ2) is 31.7. The monoisotopic (exact) mass is 930 g/mol. The summed E-state index contributed by atoms with van der Waals surface area (Å²) in [4.78, 5) is 0. The number of anilines is 2. The zero-order valence-corrected chi connectivity index (χ0v) is 40.1. The predicted octanol–water partition coefficient (Wildman–Crippen LogP) is 12.8. The van der Waals surface area contributed by atoms with Crippen LogP contribution >= 0.6 is 12.2 Å². The summed E-state index contributed by atoms with van der Waals surface area (Å²) >= 11 is 1.77. The maximum absolute atomic E-state index is 6.18. The molecular weight excluding hydrogens is 854 g/mol. The molecule has 0 spiro atoms. The van der Waals surface area contributed by atoms with Crippen LogP contribution in [0.25, 0.3) is 0 Å². The third kappa shape index (κ3) is 23.0. The third-order valence-corrected chi connectivity index (χ3v) is 30.1. The van der Waals surface area contributed by atoms with Gasteiger partial charge in [-0.05, 0) is 74.6 Å². The zero-order chi connectivity index (χ0) is 36.7. The second-order valence-corrected chi connectivity index (χ2v) is 33.3. The van der Waals surface area contributed by atoms with Crippen LogP contribution in [0.15, 0.2) is 48.5 Å². The van der Waals surface area contributed by atoms with Crippen molar-refractivity contribution in [3.8, 4) is 11.5 Å². The van der Waals surface area contributed by atoms with E-state index in [1.165, 1.54) is 85.9 Å². The van der Waals surface area contributed by atoms with Crippen molar-refractivity contribution < 1.29 is 15.6 Å². The molecule has 286 valence electrons. The van der Waals surface area contributed by atoms with Gasteiger partial charge in [-0.15, -0.1) is 0 Å². The van der Waals surface area contributed by atoms with Crippen molar-refractivity contribution >= 4 is 67.7 Å². The molecule has 3 rings (SSSR count). The van der Waals surface area contributed by atoms with Gasteiger partial charge in [0.05, 0.1) is 13.2 Å². The SMILES string of the molecule is CCC[CH2][SnH]([CH2]CCC)[CH2]CCC.CCC[CH2][Sn]1([CH2]CCC)[O]CCCC[O]1.CCOc1ccc(NC(=S)Nc2ccc(OCC)cc2)cc1. The Morgan fingerprint density at radius 1 is 0.600 bits per heavy atom. The maximum Gasteiger partial charge on any atom is 0.175 e. The molecule has 0 saturated carbocycles. The van der Waals surface area contributed by atoms with Gasteiger partial charge in [0.2, 0.25) is 0 Å². The Labute approximate surface area is 325 Å². The van der Waals surface area contributed by atoms with Crippen molar-refractivity contribution in [2.24, 2.45) is 0 Å². The van der Waals surface area contributed by atoms with E-state index in [1.54, 1.807) is 13.3 Å². The molecule has 0 atom stereocenters. The molecule has 2 aromatic carbocycles. The largest absolute Gasteiger partial charge is 0.494 e. The Balaban J connectivity index is 0.000000394. The molecule has 0 bridgehead atoms. The Morgan fingerprint density at radius 2 is 0.960 bits per heavy atom. The summed E-state index contributed by atoms with van der Waals surface area (Å²) < 4.78 is 30.8. The minimum Gasteiger partial charge on any atom is -0.494 e. The molecule has 50 heavy (non-hydrogen) atoms. The van der Waals surface area contributed by atoms with Gasteiger partial charge in [-0.3, -0.25) is 0 Å². The number of unbranched alkanes of at least 4 members (excludes halogenated alkanes) is 5. The first kappa shape index (κ1) is 47.3. The molecule has 0 unspecified atom stereocenters. The molecule has 1 fully saturated rings. The van der Waals surface area contributed by atoms with Gasteiger partial charge in [0.25, 0.3) is 0 Å². The van der Waals surface area contributed by atoms with Gasteiger partial charge in [0.1, 0.15) is 11.5 Å². The second-order valence-electron chi connectivity index (χ2n) is 13.3. The number of ether oxygens (including phenoxy) is 2. The standard InChI is InChI=1S/C17H20N2O2S.C4H8O2.5C4H9.2Sn.H/c1-3-20-15-9-5-13(6-10-15)18-17(22)19-14-7-11-16(12-8-14)21-4-2;5-3-1-2-4-6;5*1-3-4-2;;;/h5-12H,3-4H2,1-2H3,(H2,18,19,22);1-4H2;5*1,3-4H2,2H3;;;/q;-2;;;;;;;+2;. The van der Waals surface area contributed by atoms with Crippen molar-refractivity contribution in [1.82, 2.24) is 0 Å². The molecule has 9 heteroatoms. The minimum absolute atomic E-state index is 0.535. The minimum atomic E-state index is -2.56. The van der Waals surface area contributed by atoms with E-state index in [1.807, 2.05) is 62.4 Å². The molecule has 2 N–H and O–H groups in total. The first-order chi connectivity index (χ1) is 24.4. The Bertz CT molecular complexity index is 985. The number of nitrogens with one attached hydrogen (secondary N) is 2. The van der Waals surface area contributed by atoms with E-state index in [9.17, 15) is 0 Å². The predicted molar refractivity (Wildman–Crippen MR) is 228 cm³/mol. The topological polar surface area (TPSA) is 61.0 Å². The maximum atomic E-state index is 6.18. The van der Waals surface area contributed by atoms with Crippen molar-refractivity contribution in [2.45, 2.75) is 148 Å². The summed E-state index contributed by atoms with van der Waals surface area (Å²) in [5, 5.41) is 6.80. The molecule has 6 nitrogen and oxygen atoms in total. The van der Waals surface area contributed by atoms with Crippen LogP contribution in [0.2, 0.25) is 22.2 Å². The van der Waals surface area contributed by atoms with E-state index in [4.69, 9.17) is 27.8 Å². The van der Waals surface area contributed by atoms with Crippen LogP contribution in [0.5, 0.6) is 11.5 Å². The van der Waals surface area contributed by atoms with E-state index in [-0.39, 0.29) is 0 Å². The van der Waals surface area contributed by atoms with E-state index in [0.29, 0.717) is 18.3 Å². The van der Waals surface area contributed by atoms with Crippen LogP contribution in [0.3, 0.4) is 0 Å². The Kier molecular flexibility index (Phi) is 30.0. The van der Waals surface area contributed by atoms with Crippen LogP contribution in [-0.4, -0.2) is 70.5 Å². The quantitative estimate of drug-likeness (QED) is 0.0955. The van der Waals surface area contributed by atoms with E-state index in [2.05, 4.69) is 45.3 Å². The molecule has 0 radical (unpaired) electrons. The summed E-state index contributed by atoms with van der Waals surface area (Å²) in [5.41, 5.74) is 1.82. The van der Waals surface area contributed by atoms with E-state index >= 15 is 0 Å². The van der Waals surface area contributed by atoms with Gasteiger partial charge >= 0.3 is 192 Å². The fraction of sp³-hybridized carbons (Fsp3) is 0.683. The summed E-state index contributed by atoms with van der Waals surface area (Å²) in [5.74, 6) is 1.69. The van der Waals surface area contributed by atoms with Gasteiger partial charge in [-0.2, -0.15) is 0 Å². The fourth-order valence-electron chi connectivity index (χ4n) is 5.88. The Morgan fingerprint density at radius 3 is 1.28 bits per heavy atom. The molecular formula is C41H74N2O4SSn2. The van der Waals surface area contributed by atoms with Crippen LogP contribution in [0.1, 0.15) is 126 Å². The summed E-state index contributed by atoms with van der Waals surface area (Å²) in [7, 11) is 0. The van der Waals surface area contributed by atoms with Crippen molar-refractivity contribution in [1.29, 1.82) is 0 Å². The molecule has 0 aliphatic carbocycles. The molecule has 2 aromatic rings. The van der Waals surface area contributed by atoms with Gasteiger partial charge in [-0.1, -0.05) is 0 Å². The van der Waals surface area contributed by atoms with Crippen LogP contribution in [0.4, 0.5) is 11.4 Å². The zero-order valence-electron chi connectivity index (χ0n) is 33.1. The normalized spacial score (nSPS) is 13.6. The van der Waals surface area contributed by atoms with Crippen LogP contribution in [0, 0.1) is 0 Å². The van der Waals surface area contributed by atoms with Crippen LogP contribution in [-0.2, 0) is 6.15 Å². The fourth-order valence-corrected chi connectivity index (χ4v) is 27.7. The van der Waals surface area contributed by atoms with Crippen molar-refractivity contribution in [2.75, 3.05) is 37.1 Å². The van der Waals surface area contributed by atoms with Gasteiger partial charge in [0.15, 0.2) is 5.11 Å². The Hall–Kier alpha value is -0.753. The van der Waals surface area contributed by atoms with Crippen molar-refractivity contribution in [3.05, 3.63) is 48.5 Å². The summed E-state index contributed by atoms with van der Waals surface area (Å²) in [6.45, 7) is 18.7. The van der Waals surface area contributed by atoms with Crippen LogP contribution < -0.4 is 20.1 Å². The molecule has 1 saturated heterocycles. The third-order valence-electron chi connectivity index (χ3n) is 8.84. The van der Waals surface area contributed by atoms with E-state index < -0.39 is 39.0 Å². The smallest absolute Gasteiger partial charge is 0.175 e. The van der Waals surface area contributed by atoms with E-state index in [0.717, 1.165) is 36.1 Å². The summed E-state index contributed by atoms with van der Waals surface area (Å²) in [6, 6.07) is 15.3. The average Bonchev–Trinajstić information content (AvgIpc) is 3.38. The molecule has 0 aromatic heterocycles.